The SMILES string of the molecule is O=C(Nc1nnc(N[C@@H]2CCN(c3cccnn3)C2)s1)[C@@H]1CCCN(Cc2cccc(OC(F)(F)F)c2)C1. The number of hydrogen-bond donors (Lipinski definition) is 2. The Labute approximate surface area is 221 Å². The van der Waals surface area contributed by atoms with Crippen molar-refractivity contribution in [2.75, 3.05) is 41.7 Å². The molecular formula is C24H27F3N8O2S. The molecule has 0 spiro atoms. The van der Waals surface area contributed by atoms with Crippen molar-refractivity contribution in [1.82, 2.24) is 25.3 Å². The molecule has 4 heterocycles. The molecule has 2 saturated heterocycles. The Hall–Kier alpha value is -3.52. The topological polar surface area (TPSA) is 108 Å². The Kier molecular flexibility index (Phi) is 7.88. The molecule has 38 heavy (non-hydrogen) atoms. The lowest BCUT2D eigenvalue weighted by atomic mass is 9.96. The lowest BCUT2D eigenvalue weighted by molar-refractivity contribution is -0.274. The van der Waals surface area contributed by atoms with Crippen LogP contribution in [0.3, 0.4) is 0 Å². The number of anilines is 3. The number of nitrogens with one attached hydrogen (secondary N) is 2. The number of ether oxygens (including phenoxy) is 1. The maximum Gasteiger partial charge on any atom is 0.573 e. The summed E-state index contributed by atoms with van der Waals surface area (Å²) in [6.07, 6.45) is -0.635. The van der Waals surface area contributed by atoms with Crippen molar-refractivity contribution in [3.8, 4) is 5.75 Å². The molecule has 2 N–H and O–H groups in total. The van der Waals surface area contributed by atoms with E-state index in [1.807, 2.05) is 12.1 Å². The van der Waals surface area contributed by atoms with Crippen molar-refractivity contribution < 1.29 is 22.7 Å². The summed E-state index contributed by atoms with van der Waals surface area (Å²) in [5.74, 6) is 0.196. The van der Waals surface area contributed by atoms with E-state index >= 15 is 0 Å². The molecule has 14 heteroatoms. The number of hydrogen-bond acceptors (Lipinski definition) is 10. The molecule has 2 aliphatic heterocycles. The van der Waals surface area contributed by atoms with E-state index in [-0.39, 0.29) is 23.6 Å². The largest absolute Gasteiger partial charge is 0.573 e. The third-order valence-electron chi connectivity index (χ3n) is 6.47. The third-order valence-corrected chi connectivity index (χ3v) is 7.24. The molecule has 1 aromatic carbocycles. The van der Waals surface area contributed by atoms with Gasteiger partial charge in [-0.15, -0.1) is 28.5 Å². The lowest BCUT2D eigenvalue weighted by Gasteiger charge is -2.31. The van der Waals surface area contributed by atoms with Crippen LogP contribution in [0, 0.1) is 5.92 Å². The first kappa shape index (κ1) is 26.1. The first-order chi connectivity index (χ1) is 18.3. The number of carbonyl (C=O) groups excluding carboxylic acids is 1. The molecule has 202 valence electrons. The standard InChI is InChI=1S/C24H27F3N8O2S/c25-24(26,27)37-19-6-1-4-16(12-19)13-34-10-3-5-17(14-34)21(36)30-23-33-32-22(38-23)29-18-8-11-35(15-18)20-7-2-9-28-31-20/h1-2,4,6-7,9,12,17-18H,3,5,8,10-11,13-15H2,(H,29,32)(H,30,33,36)/t17-,18-/m1/s1. The fraction of sp³-hybridized carbons (Fsp3) is 0.458. The van der Waals surface area contributed by atoms with E-state index in [0.717, 1.165) is 44.7 Å². The summed E-state index contributed by atoms with van der Waals surface area (Å²) in [5, 5.41) is 23.7. The van der Waals surface area contributed by atoms with Crippen LogP contribution in [0.15, 0.2) is 42.6 Å². The third kappa shape index (κ3) is 7.07. The number of nitrogens with zero attached hydrogens (tertiary/aromatic N) is 6. The minimum absolute atomic E-state index is 0.138. The number of rotatable bonds is 8. The Morgan fingerprint density at radius 3 is 2.76 bits per heavy atom. The van der Waals surface area contributed by atoms with E-state index in [9.17, 15) is 18.0 Å². The summed E-state index contributed by atoms with van der Waals surface area (Å²) in [6.45, 7) is 3.31. The van der Waals surface area contributed by atoms with Gasteiger partial charge in [-0.3, -0.25) is 9.69 Å². The van der Waals surface area contributed by atoms with E-state index in [1.165, 1.54) is 29.5 Å². The van der Waals surface area contributed by atoms with E-state index in [1.54, 1.807) is 12.3 Å². The summed E-state index contributed by atoms with van der Waals surface area (Å²) in [7, 11) is 0. The molecule has 0 bridgehead atoms. The number of alkyl halides is 3. The van der Waals surface area contributed by atoms with Crippen LogP contribution < -0.4 is 20.3 Å². The number of likely N-dealkylation sites (tertiary alicyclic amines) is 1. The van der Waals surface area contributed by atoms with Gasteiger partial charge in [0, 0.05) is 38.4 Å². The van der Waals surface area contributed by atoms with Crippen molar-refractivity contribution >= 4 is 33.3 Å². The van der Waals surface area contributed by atoms with Gasteiger partial charge in [-0.2, -0.15) is 5.10 Å². The second kappa shape index (κ2) is 11.5. The highest BCUT2D eigenvalue weighted by Gasteiger charge is 2.31. The van der Waals surface area contributed by atoms with Gasteiger partial charge < -0.3 is 20.3 Å². The van der Waals surface area contributed by atoms with Crippen molar-refractivity contribution in [2.45, 2.75) is 38.2 Å². The molecule has 0 aliphatic carbocycles. The highest BCUT2D eigenvalue weighted by Crippen LogP contribution is 2.27. The highest BCUT2D eigenvalue weighted by atomic mass is 32.1. The molecule has 2 aliphatic rings. The van der Waals surface area contributed by atoms with Crippen LogP contribution in [0.5, 0.6) is 5.75 Å². The molecule has 2 aromatic heterocycles. The van der Waals surface area contributed by atoms with Crippen molar-refractivity contribution in [1.29, 1.82) is 0 Å². The first-order valence-corrected chi connectivity index (χ1v) is 13.1. The zero-order valence-electron chi connectivity index (χ0n) is 20.4. The molecule has 10 nitrogen and oxygen atoms in total. The van der Waals surface area contributed by atoms with Gasteiger partial charge in [0.2, 0.25) is 16.2 Å². The number of piperidine rings is 1. The zero-order chi connectivity index (χ0) is 26.5. The quantitative estimate of drug-likeness (QED) is 0.435. The average molecular weight is 549 g/mol. The fourth-order valence-corrected chi connectivity index (χ4v) is 5.50. The van der Waals surface area contributed by atoms with E-state index in [0.29, 0.717) is 28.9 Å². The van der Waals surface area contributed by atoms with Gasteiger partial charge in [0.1, 0.15) is 5.75 Å². The molecule has 0 saturated carbocycles. The monoisotopic (exact) mass is 548 g/mol. The van der Waals surface area contributed by atoms with Crippen molar-refractivity contribution in [3.05, 3.63) is 48.2 Å². The summed E-state index contributed by atoms with van der Waals surface area (Å²) >= 11 is 1.29. The van der Waals surface area contributed by atoms with Gasteiger partial charge in [0.05, 0.1) is 5.92 Å². The minimum atomic E-state index is -4.73. The van der Waals surface area contributed by atoms with E-state index in [2.05, 4.69) is 45.6 Å². The molecule has 2 atom stereocenters. The first-order valence-electron chi connectivity index (χ1n) is 12.3. The van der Waals surface area contributed by atoms with Crippen LogP contribution in [0.1, 0.15) is 24.8 Å². The van der Waals surface area contributed by atoms with Crippen molar-refractivity contribution in [2.24, 2.45) is 5.92 Å². The summed E-state index contributed by atoms with van der Waals surface area (Å²) in [4.78, 5) is 17.2. The lowest BCUT2D eigenvalue weighted by Crippen LogP contribution is -2.40. The highest BCUT2D eigenvalue weighted by molar-refractivity contribution is 7.19. The van der Waals surface area contributed by atoms with Gasteiger partial charge in [0.15, 0.2) is 5.82 Å². The second-order valence-corrected chi connectivity index (χ2v) is 10.3. The summed E-state index contributed by atoms with van der Waals surface area (Å²) in [5.41, 5.74) is 0.692. The predicted molar refractivity (Wildman–Crippen MR) is 136 cm³/mol. The van der Waals surface area contributed by atoms with Gasteiger partial charge in [0.25, 0.3) is 0 Å². The van der Waals surface area contributed by atoms with Gasteiger partial charge in [-0.1, -0.05) is 23.5 Å². The molecule has 0 radical (unpaired) electrons. The minimum Gasteiger partial charge on any atom is -0.406 e. The van der Waals surface area contributed by atoms with E-state index < -0.39 is 6.36 Å². The number of aromatic nitrogens is 4. The normalized spacial score (nSPS) is 20.3. The summed E-state index contributed by atoms with van der Waals surface area (Å²) < 4.78 is 41.6. The fourth-order valence-electron chi connectivity index (χ4n) is 4.77. The molecule has 3 aromatic rings. The van der Waals surface area contributed by atoms with Crippen LogP contribution in [0.2, 0.25) is 0 Å². The Morgan fingerprint density at radius 1 is 1.08 bits per heavy atom. The predicted octanol–water partition coefficient (Wildman–Crippen LogP) is 3.77. The Morgan fingerprint density at radius 2 is 1.95 bits per heavy atom. The van der Waals surface area contributed by atoms with Crippen LogP contribution in [-0.2, 0) is 11.3 Å². The van der Waals surface area contributed by atoms with Gasteiger partial charge in [-0.05, 0) is 55.6 Å². The van der Waals surface area contributed by atoms with Crippen LogP contribution in [0.25, 0.3) is 0 Å². The van der Waals surface area contributed by atoms with Gasteiger partial charge >= 0.3 is 6.36 Å². The van der Waals surface area contributed by atoms with E-state index in [4.69, 9.17) is 0 Å². The van der Waals surface area contributed by atoms with Crippen LogP contribution in [-0.4, -0.2) is 69.8 Å². The molecule has 2 fully saturated rings. The van der Waals surface area contributed by atoms with Crippen LogP contribution in [0.4, 0.5) is 29.3 Å². The number of amides is 1. The smallest absolute Gasteiger partial charge is 0.406 e. The van der Waals surface area contributed by atoms with Crippen LogP contribution >= 0.6 is 11.3 Å². The number of carbonyl (C=O) groups is 1. The number of halogens is 3. The summed E-state index contributed by atoms with van der Waals surface area (Å²) in [6, 6.07) is 9.91. The Balaban J connectivity index is 1.11. The second-order valence-electron chi connectivity index (χ2n) is 9.33. The van der Waals surface area contributed by atoms with Crippen molar-refractivity contribution in [3.63, 3.8) is 0 Å². The molecule has 1 amide bonds. The maximum atomic E-state index is 12.9. The molecule has 5 rings (SSSR count). The Bertz CT molecular complexity index is 1230. The number of benzene rings is 1. The molecular weight excluding hydrogens is 521 g/mol. The van der Waals surface area contributed by atoms with Gasteiger partial charge in [-0.25, -0.2) is 0 Å². The zero-order valence-corrected chi connectivity index (χ0v) is 21.2. The maximum absolute atomic E-state index is 12.9. The molecule has 0 unspecified atom stereocenters. The average Bonchev–Trinajstić information content (AvgIpc) is 3.54.